The Morgan fingerprint density at radius 3 is 2.48 bits per heavy atom. The van der Waals surface area contributed by atoms with Crippen molar-refractivity contribution in [3.05, 3.63) is 54.1 Å². The van der Waals surface area contributed by atoms with Crippen LogP contribution in [0.1, 0.15) is 44.8 Å². The lowest BCUT2D eigenvalue weighted by atomic mass is 9.98. The van der Waals surface area contributed by atoms with Crippen LogP contribution < -0.4 is 4.90 Å². The third-order valence-corrected chi connectivity index (χ3v) is 6.33. The van der Waals surface area contributed by atoms with E-state index >= 15 is 0 Å². The summed E-state index contributed by atoms with van der Waals surface area (Å²) in [5.41, 5.74) is 4.12. The fourth-order valence-electron chi connectivity index (χ4n) is 5.02. The Balaban J connectivity index is 1.60. The number of amides is 1. The molecule has 1 aromatic heterocycles. The maximum Gasteiger partial charge on any atom is 0.246 e. The first kappa shape index (κ1) is 18.3. The Hall–Kier alpha value is -2.73. The Bertz CT molecular complexity index is 1040. The summed E-state index contributed by atoms with van der Waals surface area (Å²) in [5, 5.41) is 8.87. The van der Waals surface area contributed by atoms with Crippen molar-refractivity contribution < 1.29 is 4.79 Å². The largest absolute Gasteiger partial charge is 0.295 e. The highest BCUT2D eigenvalue weighted by molar-refractivity contribution is 6.00. The predicted octanol–water partition coefficient (Wildman–Crippen LogP) is 4.12. The van der Waals surface area contributed by atoms with E-state index in [0.717, 1.165) is 36.0 Å². The number of hydrogen-bond acceptors (Lipinski definition) is 4. The highest BCUT2D eigenvalue weighted by atomic mass is 16.2. The van der Waals surface area contributed by atoms with Crippen LogP contribution in [0.15, 0.2) is 48.5 Å². The predicted molar refractivity (Wildman–Crippen MR) is 113 cm³/mol. The molecule has 0 N–H and O–H groups in total. The number of aromatic nitrogens is 3. The molecule has 1 amide bonds. The van der Waals surface area contributed by atoms with Gasteiger partial charge in [-0.05, 0) is 56.4 Å². The molecule has 29 heavy (non-hydrogen) atoms. The summed E-state index contributed by atoms with van der Waals surface area (Å²) >= 11 is 0. The summed E-state index contributed by atoms with van der Waals surface area (Å²) in [6, 6.07) is 16.2. The van der Waals surface area contributed by atoms with Gasteiger partial charge in [0.05, 0.1) is 17.7 Å². The van der Waals surface area contributed by atoms with Crippen LogP contribution in [0.2, 0.25) is 0 Å². The molecular formula is C23H27N5O. The van der Waals surface area contributed by atoms with Crippen LogP contribution in [0.25, 0.3) is 11.0 Å². The van der Waals surface area contributed by atoms with Crippen molar-refractivity contribution >= 4 is 22.6 Å². The SMILES string of the molecule is Cc1ccc(N2C(=O)[C@H](C(C)C)N3C2CCCC3n2nnc3ccccc32)cc1. The summed E-state index contributed by atoms with van der Waals surface area (Å²) in [5.74, 6) is 0.418. The first-order chi connectivity index (χ1) is 14.1. The van der Waals surface area contributed by atoms with Gasteiger partial charge in [0.1, 0.15) is 11.7 Å². The maximum absolute atomic E-state index is 13.6. The standard InChI is InChI=1S/C23H27N5O/c1-15(2)22-23(29)26(17-13-11-16(3)12-14-17)20-9-6-10-21(27(20)22)28-19-8-5-4-7-18(19)24-25-28/h4-5,7-8,11-15,20-22H,6,9-10H2,1-3H3/t20?,21?,22-/m0/s1. The Kier molecular flexibility index (Phi) is 4.39. The molecule has 6 nitrogen and oxygen atoms in total. The molecule has 0 spiro atoms. The number of carbonyl (C=O) groups is 1. The Labute approximate surface area is 171 Å². The van der Waals surface area contributed by atoms with Crippen LogP contribution in [0, 0.1) is 12.8 Å². The van der Waals surface area contributed by atoms with E-state index in [2.05, 4.69) is 66.3 Å². The summed E-state index contributed by atoms with van der Waals surface area (Å²) in [6.07, 6.45) is 3.10. The normalized spacial score (nSPS) is 25.2. The first-order valence-electron chi connectivity index (χ1n) is 10.5. The molecule has 3 aromatic rings. The second-order valence-corrected chi connectivity index (χ2v) is 8.59. The second kappa shape index (κ2) is 6.95. The van der Waals surface area contributed by atoms with E-state index in [0.29, 0.717) is 0 Å². The average molecular weight is 390 g/mol. The molecule has 2 saturated heterocycles. The molecule has 2 unspecified atom stereocenters. The topological polar surface area (TPSA) is 54.3 Å². The molecule has 3 heterocycles. The number of aryl methyl sites for hydroxylation is 1. The first-order valence-corrected chi connectivity index (χ1v) is 10.5. The number of anilines is 1. The van der Waals surface area contributed by atoms with E-state index in [1.807, 2.05) is 27.8 Å². The third kappa shape index (κ3) is 2.85. The van der Waals surface area contributed by atoms with Crippen molar-refractivity contribution in [1.29, 1.82) is 0 Å². The molecule has 6 heteroatoms. The van der Waals surface area contributed by atoms with Crippen molar-refractivity contribution in [2.45, 2.75) is 58.4 Å². The minimum absolute atomic E-state index is 0.0351. The Morgan fingerprint density at radius 1 is 1.00 bits per heavy atom. The number of para-hydroxylation sites is 1. The zero-order chi connectivity index (χ0) is 20.1. The van der Waals surface area contributed by atoms with E-state index in [1.54, 1.807) is 0 Å². The van der Waals surface area contributed by atoms with Gasteiger partial charge >= 0.3 is 0 Å². The van der Waals surface area contributed by atoms with Crippen molar-refractivity contribution in [3.8, 4) is 0 Å². The monoisotopic (exact) mass is 389 g/mol. The smallest absolute Gasteiger partial charge is 0.246 e. The van der Waals surface area contributed by atoms with Gasteiger partial charge in [-0.15, -0.1) is 5.10 Å². The van der Waals surface area contributed by atoms with Crippen LogP contribution in [-0.4, -0.2) is 38.0 Å². The van der Waals surface area contributed by atoms with Crippen LogP contribution in [-0.2, 0) is 4.79 Å². The number of hydrogen-bond donors (Lipinski definition) is 0. The van der Waals surface area contributed by atoms with E-state index in [1.165, 1.54) is 5.56 Å². The van der Waals surface area contributed by atoms with Crippen molar-refractivity contribution in [1.82, 2.24) is 19.9 Å². The molecule has 3 atom stereocenters. The van der Waals surface area contributed by atoms with Crippen LogP contribution in [0.4, 0.5) is 5.69 Å². The molecule has 0 radical (unpaired) electrons. The van der Waals surface area contributed by atoms with Gasteiger partial charge in [0.2, 0.25) is 5.91 Å². The fourth-order valence-corrected chi connectivity index (χ4v) is 5.02. The summed E-state index contributed by atoms with van der Waals surface area (Å²) in [4.78, 5) is 18.0. The number of benzene rings is 2. The number of rotatable bonds is 3. The molecule has 5 rings (SSSR count). The zero-order valence-electron chi connectivity index (χ0n) is 17.2. The van der Waals surface area contributed by atoms with Crippen molar-refractivity contribution in [3.63, 3.8) is 0 Å². The summed E-state index contributed by atoms with van der Waals surface area (Å²) in [7, 11) is 0. The maximum atomic E-state index is 13.6. The zero-order valence-corrected chi connectivity index (χ0v) is 17.2. The number of fused-ring (bicyclic) bond motifs is 2. The van der Waals surface area contributed by atoms with E-state index in [9.17, 15) is 4.79 Å². The highest BCUT2D eigenvalue weighted by Crippen LogP contribution is 2.43. The summed E-state index contributed by atoms with van der Waals surface area (Å²) < 4.78 is 2.03. The molecule has 2 aliphatic rings. The number of nitrogens with zero attached hydrogens (tertiary/aromatic N) is 5. The van der Waals surface area contributed by atoms with Crippen LogP contribution in [0.5, 0.6) is 0 Å². The lowest BCUT2D eigenvalue weighted by molar-refractivity contribution is -0.122. The molecule has 0 aliphatic carbocycles. The van der Waals surface area contributed by atoms with Gasteiger partial charge in [0.25, 0.3) is 0 Å². The number of piperidine rings is 1. The van der Waals surface area contributed by atoms with Gasteiger partial charge in [0, 0.05) is 5.69 Å². The van der Waals surface area contributed by atoms with Crippen LogP contribution in [0.3, 0.4) is 0 Å². The molecule has 0 saturated carbocycles. The molecule has 2 aromatic carbocycles. The molecule has 2 fully saturated rings. The van der Waals surface area contributed by atoms with Crippen molar-refractivity contribution in [2.24, 2.45) is 5.92 Å². The lowest BCUT2D eigenvalue weighted by Gasteiger charge is -2.41. The highest BCUT2D eigenvalue weighted by Gasteiger charge is 2.52. The van der Waals surface area contributed by atoms with Gasteiger partial charge < -0.3 is 0 Å². The molecule has 0 bridgehead atoms. The van der Waals surface area contributed by atoms with E-state index in [-0.39, 0.29) is 30.2 Å². The third-order valence-electron chi connectivity index (χ3n) is 6.33. The molecule has 2 aliphatic heterocycles. The van der Waals surface area contributed by atoms with Gasteiger partial charge in [0.15, 0.2) is 0 Å². The molecule has 150 valence electrons. The minimum atomic E-state index is -0.158. The lowest BCUT2D eigenvalue weighted by Crippen LogP contribution is -2.49. The number of carbonyl (C=O) groups excluding carboxylic acids is 1. The van der Waals surface area contributed by atoms with E-state index in [4.69, 9.17) is 0 Å². The quantitative estimate of drug-likeness (QED) is 0.676. The summed E-state index contributed by atoms with van der Waals surface area (Å²) in [6.45, 7) is 6.36. The van der Waals surface area contributed by atoms with Gasteiger partial charge in [-0.25, -0.2) is 9.58 Å². The minimum Gasteiger partial charge on any atom is -0.295 e. The fraction of sp³-hybridized carbons (Fsp3) is 0.435. The van der Waals surface area contributed by atoms with Crippen molar-refractivity contribution in [2.75, 3.05) is 4.90 Å². The van der Waals surface area contributed by atoms with Crippen LogP contribution >= 0.6 is 0 Å². The van der Waals surface area contributed by atoms with Gasteiger partial charge in [-0.3, -0.25) is 9.69 Å². The second-order valence-electron chi connectivity index (χ2n) is 8.59. The van der Waals surface area contributed by atoms with E-state index < -0.39 is 0 Å². The average Bonchev–Trinajstić information content (AvgIpc) is 3.27. The Morgan fingerprint density at radius 2 is 1.72 bits per heavy atom. The van der Waals surface area contributed by atoms with Gasteiger partial charge in [-0.1, -0.05) is 48.9 Å². The molecular weight excluding hydrogens is 362 g/mol. The van der Waals surface area contributed by atoms with Gasteiger partial charge in [-0.2, -0.15) is 0 Å².